The molecule has 0 spiro atoms. The van der Waals surface area contributed by atoms with Crippen molar-refractivity contribution in [2.75, 3.05) is 0 Å². The lowest BCUT2D eigenvalue weighted by molar-refractivity contribution is 0.0826. The molecule has 0 aromatic carbocycles. The van der Waals surface area contributed by atoms with Crippen molar-refractivity contribution >= 4 is 0 Å². The Morgan fingerprint density at radius 2 is 0.410 bits per heavy atom. The molecule has 5 atom stereocenters. The van der Waals surface area contributed by atoms with Crippen molar-refractivity contribution in [3.05, 3.63) is 87.6 Å². The van der Waals surface area contributed by atoms with Crippen molar-refractivity contribution in [3.8, 4) is 0 Å². The van der Waals surface area contributed by atoms with Gasteiger partial charge in [0.1, 0.15) is 0 Å². The second-order valence-corrected chi connectivity index (χ2v) is 33.6. The minimum Gasteiger partial charge on any atom is -0.103 e. The number of rotatable bonds is 90. The highest BCUT2D eigenvalue weighted by Crippen LogP contribution is 2.48. The van der Waals surface area contributed by atoms with Gasteiger partial charge < -0.3 is 0 Å². The maximum atomic E-state index is 5.39. The van der Waals surface area contributed by atoms with Gasteiger partial charge in [-0.2, -0.15) is 0 Å². The number of hydrogen-bond acceptors (Lipinski definition) is 0. The molecular weight excluding hydrogens is 1200 g/mol. The van der Waals surface area contributed by atoms with E-state index in [1.807, 2.05) is 0 Å². The third kappa shape index (κ3) is 70.5. The van der Waals surface area contributed by atoms with E-state index in [0.29, 0.717) is 5.92 Å². The van der Waals surface area contributed by atoms with Gasteiger partial charge in [-0.05, 0) is 152 Å². The predicted molar refractivity (Wildman–Crippen MR) is 463 cm³/mol. The Morgan fingerprint density at radius 3 is 0.660 bits per heavy atom. The van der Waals surface area contributed by atoms with Crippen LogP contribution in [0.4, 0.5) is 0 Å². The minimum absolute atomic E-state index is 0.707. The summed E-state index contributed by atoms with van der Waals surface area (Å²) in [6.45, 7) is 34.1. The van der Waals surface area contributed by atoms with Crippen LogP contribution in [0.15, 0.2) is 87.6 Å². The summed E-state index contributed by atoms with van der Waals surface area (Å²) in [6.07, 6.45) is 122. The summed E-state index contributed by atoms with van der Waals surface area (Å²) in [7, 11) is 0. The molecule has 0 amide bonds. The van der Waals surface area contributed by atoms with E-state index in [0.717, 1.165) is 23.7 Å². The first kappa shape index (κ1) is 98.2. The van der Waals surface area contributed by atoms with Gasteiger partial charge in [0.05, 0.1) is 0 Å². The van der Waals surface area contributed by atoms with E-state index < -0.39 is 0 Å². The van der Waals surface area contributed by atoms with Crippen LogP contribution in [0.3, 0.4) is 0 Å². The van der Waals surface area contributed by atoms with Gasteiger partial charge in [0.25, 0.3) is 0 Å². The molecule has 0 aromatic heterocycles. The van der Waals surface area contributed by atoms with Crippen LogP contribution in [0.25, 0.3) is 0 Å². The fourth-order valence-electron chi connectivity index (χ4n) is 17.6. The van der Waals surface area contributed by atoms with Crippen molar-refractivity contribution in [2.45, 2.75) is 521 Å². The zero-order valence-electron chi connectivity index (χ0n) is 69.6. The van der Waals surface area contributed by atoms with Crippen LogP contribution in [0.2, 0.25) is 0 Å². The third-order valence-corrected chi connectivity index (χ3v) is 24.0. The zero-order chi connectivity index (χ0) is 72.4. The number of unbranched alkanes of at least 4 members (excludes halogenated alkanes) is 64. The summed E-state index contributed by atoms with van der Waals surface area (Å²) in [5.41, 5.74) is 3.08. The van der Waals surface area contributed by atoms with Crippen molar-refractivity contribution in [2.24, 2.45) is 29.6 Å². The lowest BCUT2D eigenvalue weighted by Gasteiger charge is -2.43. The average molecular weight is 1390 g/mol. The standard InChI is InChI=1S/C100H188/c1-10-16-21-26-31-36-41-46-51-59-66-73-80-88-95(9)97(90-82-75-68-61-52-47-42-37-32-27-22-17-11-2)99(92-84-77-70-63-54-49-44-39-34-29-24-19-13-4)100(93-85-78-71-64-55-50-45-40-35-30-25-20-14-5)98(91-83-76-69-62-53-48-43-38-33-28-23-18-12-3)96(86-15-6)89-81-74-67-60-57-56-58-65-72-79-87-94(7)8/h10-14,96-100H,1-5,7,9,15-93H2,6,8H3. The highest BCUT2D eigenvalue weighted by molar-refractivity contribution is 5.05. The van der Waals surface area contributed by atoms with Gasteiger partial charge in [0.2, 0.25) is 0 Å². The first-order chi connectivity index (χ1) is 49.4. The van der Waals surface area contributed by atoms with Gasteiger partial charge >= 0.3 is 0 Å². The van der Waals surface area contributed by atoms with Gasteiger partial charge in [-0.15, -0.1) is 39.5 Å². The SMILES string of the molecule is C=CCCCCCCCCCCCCCC(=C)C(CCCCCCCCCCCCCC=C)C(CCCCCCCCCCCCCC=C)C(CCCCCCCCCCCCCC=C)C(CCCCCCCCCCCCCC=C)C(CCC)CCCCCCCCCCCCC(=C)C. The highest BCUT2D eigenvalue weighted by Gasteiger charge is 2.38. The predicted octanol–water partition coefficient (Wildman–Crippen LogP) is 37.0. The summed E-state index contributed by atoms with van der Waals surface area (Å²) in [4.78, 5) is 0. The monoisotopic (exact) mass is 1390 g/mol. The maximum absolute atomic E-state index is 5.39. The molecule has 0 radical (unpaired) electrons. The zero-order valence-corrected chi connectivity index (χ0v) is 69.6. The fraction of sp³-hybridized carbons (Fsp3) is 0.860. The Hall–Kier alpha value is -1.82. The third-order valence-electron chi connectivity index (χ3n) is 24.0. The van der Waals surface area contributed by atoms with Gasteiger partial charge in [-0.25, -0.2) is 0 Å². The van der Waals surface area contributed by atoms with E-state index in [2.05, 4.69) is 83.7 Å². The summed E-state index contributed by atoms with van der Waals surface area (Å²) >= 11 is 0. The van der Waals surface area contributed by atoms with Gasteiger partial charge in [-0.1, -0.05) is 447 Å². The van der Waals surface area contributed by atoms with E-state index in [1.165, 1.54) is 513 Å². The molecule has 0 heteroatoms. The topological polar surface area (TPSA) is 0 Å². The second kappa shape index (κ2) is 84.4. The van der Waals surface area contributed by atoms with Crippen molar-refractivity contribution in [3.63, 3.8) is 0 Å². The summed E-state index contributed by atoms with van der Waals surface area (Å²) in [6, 6.07) is 0. The molecule has 0 aromatic rings. The summed E-state index contributed by atoms with van der Waals surface area (Å²) < 4.78 is 0. The molecule has 0 aliphatic carbocycles. The molecule has 0 aliphatic rings. The van der Waals surface area contributed by atoms with E-state index in [4.69, 9.17) is 6.58 Å². The van der Waals surface area contributed by atoms with Crippen molar-refractivity contribution in [1.82, 2.24) is 0 Å². The molecule has 0 nitrogen and oxygen atoms in total. The molecule has 588 valence electrons. The quantitative estimate of drug-likeness (QED) is 0.0421. The smallest absolute Gasteiger partial charge is 0.0175 e. The fourth-order valence-corrected chi connectivity index (χ4v) is 17.6. The van der Waals surface area contributed by atoms with E-state index in [-0.39, 0.29) is 0 Å². The van der Waals surface area contributed by atoms with Crippen LogP contribution >= 0.6 is 0 Å². The van der Waals surface area contributed by atoms with Gasteiger partial charge in [0, 0.05) is 0 Å². The Kier molecular flexibility index (Phi) is 82.9. The Morgan fingerprint density at radius 1 is 0.210 bits per heavy atom. The molecule has 0 N–H and O–H groups in total. The largest absolute Gasteiger partial charge is 0.103 e. The first-order valence-electron chi connectivity index (χ1n) is 46.8. The van der Waals surface area contributed by atoms with Gasteiger partial charge in [0.15, 0.2) is 0 Å². The highest BCUT2D eigenvalue weighted by atomic mass is 14.4. The van der Waals surface area contributed by atoms with Crippen LogP contribution < -0.4 is 0 Å². The minimum atomic E-state index is 0.707. The van der Waals surface area contributed by atoms with Gasteiger partial charge in [-0.3, -0.25) is 0 Å². The lowest BCUT2D eigenvalue weighted by Crippen LogP contribution is -2.35. The molecule has 0 rings (SSSR count). The Labute approximate surface area is 634 Å². The molecule has 0 bridgehead atoms. The molecule has 5 unspecified atom stereocenters. The van der Waals surface area contributed by atoms with Crippen molar-refractivity contribution in [1.29, 1.82) is 0 Å². The molecular formula is C100H188. The molecule has 0 heterocycles. The van der Waals surface area contributed by atoms with Crippen LogP contribution in [-0.4, -0.2) is 0 Å². The van der Waals surface area contributed by atoms with E-state index in [1.54, 1.807) is 5.57 Å². The van der Waals surface area contributed by atoms with Crippen LogP contribution in [0.5, 0.6) is 0 Å². The number of hydrogen-bond donors (Lipinski definition) is 0. The molecule has 0 saturated heterocycles. The molecule has 0 aliphatic heterocycles. The van der Waals surface area contributed by atoms with E-state index >= 15 is 0 Å². The van der Waals surface area contributed by atoms with Crippen molar-refractivity contribution < 1.29 is 0 Å². The average Bonchev–Trinajstić information content (AvgIpc) is 0.819. The maximum Gasteiger partial charge on any atom is -0.0175 e. The molecule has 0 saturated carbocycles. The number of allylic oxidation sites excluding steroid dienone is 7. The molecule has 0 fully saturated rings. The summed E-state index contributed by atoms with van der Waals surface area (Å²) in [5, 5.41) is 0. The Bertz CT molecular complexity index is 1660. The second-order valence-electron chi connectivity index (χ2n) is 33.6. The van der Waals surface area contributed by atoms with Crippen LogP contribution in [-0.2, 0) is 0 Å². The first-order valence-corrected chi connectivity index (χ1v) is 46.8. The van der Waals surface area contributed by atoms with Crippen LogP contribution in [0.1, 0.15) is 521 Å². The van der Waals surface area contributed by atoms with E-state index in [9.17, 15) is 0 Å². The Balaban J connectivity index is 7.19. The lowest BCUT2D eigenvalue weighted by atomic mass is 9.62. The summed E-state index contributed by atoms with van der Waals surface area (Å²) in [5.74, 6) is 4.14. The molecule has 100 heavy (non-hydrogen) atoms. The van der Waals surface area contributed by atoms with Crippen LogP contribution in [0, 0.1) is 29.6 Å². The normalized spacial score (nSPS) is 13.1.